The molecule has 1 unspecified atom stereocenters. The van der Waals surface area contributed by atoms with Crippen LogP contribution < -0.4 is 4.60 Å². The Morgan fingerprint density at radius 2 is 2.04 bits per heavy atom. The van der Waals surface area contributed by atoms with Crippen LogP contribution in [-0.4, -0.2) is 36.8 Å². The molecular weight excluding hydrogens is 378 g/mol. The van der Waals surface area contributed by atoms with Crippen LogP contribution in [-0.2, 0) is 0 Å². The monoisotopic (exact) mass is 387 g/mol. The molecule has 0 amide bonds. The molecular formula is C15H9N5O8. The number of allylic oxidation sites excluding steroid dienone is 2. The van der Waals surface area contributed by atoms with Gasteiger partial charge in [0.15, 0.2) is 10.5 Å². The summed E-state index contributed by atoms with van der Waals surface area (Å²) in [5.74, 6) is -2.54. The first-order valence-corrected chi connectivity index (χ1v) is 7.66. The number of hydrogen-bond acceptors (Lipinski definition) is 7. The van der Waals surface area contributed by atoms with Crippen LogP contribution in [0.15, 0.2) is 40.8 Å². The summed E-state index contributed by atoms with van der Waals surface area (Å²) < 4.78 is 4.51. The number of rotatable bonds is 3. The molecule has 0 saturated heterocycles. The van der Waals surface area contributed by atoms with E-state index in [4.69, 9.17) is 0 Å². The van der Waals surface area contributed by atoms with E-state index in [2.05, 4.69) is 14.8 Å². The maximum atomic E-state index is 12.1. The largest absolute Gasteiger partial charge is 0.612 e. The third kappa shape index (κ3) is 2.33. The molecule has 0 bridgehead atoms. The zero-order chi connectivity index (χ0) is 20.2. The average molecular weight is 387 g/mol. The molecule has 0 aliphatic heterocycles. The van der Waals surface area contributed by atoms with Gasteiger partial charge in [-0.3, -0.25) is 10.1 Å². The SMILES string of the molecule is O=C(O)c1ccc2[nH]cc(C3C([N+](=O)[O-])=CC(=[N+]([O-])[O-])c4[nH]o[n+](=O)c43)c2c1. The van der Waals surface area contributed by atoms with Crippen molar-refractivity contribution in [3.63, 3.8) is 0 Å². The standard InChI is InChI=1S/C15H9N5O8/c21-15(22)6-1-2-9-7(3-6)8(5-16-9)12-10(18(23)24)4-11(19(25)26)13-14(12)20(27)28-17-13/h1-5,12,16H,(H2-,17,21,22,25,26,27). The normalized spacial score (nSPS) is 15.9. The number of carboxylic acids is 1. The number of carboxylic acid groups (broad SMARTS) is 1. The molecule has 142 valence electrons. The highest BCUT2D eigenvalue weighted by Crippen LogP contribution is 2.39. The van der Waals surface area contributed by atoms with Crippen molar-refractivity contribution in [1.82, 2.24) is 10.1 Å². The second-order valence-corrected chi connectivity index (χ2v) is 5.92. The summed E-state index contributed by atoms with van der Waals surface area (Å²) >= 11 is 0. The second kappa shape index (κ2) is 5.80. The first kappa shape index (κ1) is 17.0. The quantitative estimate of drug-likeness (QED) is 0.333. The zero-order valence-corrected chi connectivity index (χ0v) is 13.6. The van der Waals surface area contributed by atoms with Gasteiger partial charge in [0.2, 0.25) is 0 Å². The van der Waals surface area contributed by atoms with Gasteiger partial charge in [0.25, 0.3) is 22.8 Å². The van der Waals surface area contributed by atoms with E-state index in [1.165, 1.54) is 24.4 Å². The van der Waals surface area contributed by atoms with Gasteiger partial charge < -0.3 is 20.5 Å². The lowest BCUT2D eigenvalue weighted by molar-refractivity contribution is -0.720. The molecule has 3 aromatic rings. The Hall–Kier alpha value is -4.42. The summed E-state index contributed by atoms with van der Waals surface area (Å²) in [6.07, 6.45) is 2.13. The van der Waals surface area contributed by atoms with Crippen LogP contribution in [0.2, 0.25) is 0 Å². The van der Waals surface area contributed by atoms with Crippen molar-refractivity contribution in [3.05, 3.63) is 84.1 Å². The number of nitrogens with one attached hydrogen (secondary N) is 2. The van der Waals surface area contributed by atoms with Gasteiger partial charge in [0.1, 0.15) is 0 Å². The lowest BCUT2D eigenvalue weighted by atomic mass is 9.85. The van der Waals surface area contributed by atoms with E-state index in [1.807, 2.05) is 0 Å². The fraction of sp³-hybridized carbons (Fsp3) is 0.0667. The van der Waals surface area contributed by atoms with Gasteiger partial charge in [-0.15, -0.1) is 0 Å². The van der Waals surface area contributed by atoms with Crippen molar-refractivity contribution in [2.45, 2.75) is 5.92 Å². The number of H-pyrrole nitrogens is 2. The molecule has 1 atom stereocenters. The minimum absolute atomic E-state index is 0.0673. The summed E-state index contributed by atoms with van der Waals surface area (Å²) in [5.41, 5.74) is -1.39. The Morgan fingerprint density at radius 3 is 2.68 bits per heavy atom. The maximum Gasteiger partial charge on any atom is 0.335 e. The molecule has 0 fully saturated rings. The summed E-state index contributed by atoms with van der Waals surface area (Å²) in [7, 11) is 0. The number of carbonyl (C=O) groups is 1. The Bertz CT molecular complexity index is 1270. The van der Waals surface area contributed by atoms with Crippen LogP contribution in [0.5, 0.6) is 0 Å². The van der Waals surface area contributed by atoms with Crippen LogP contribution in [0.4, 0.5) is 0 Å². The van der Waals surface area contributed by atoms with E-state index in [1.54, 1.807) is 0 Å². The molecule has 1 aromatic carbocycles. The van der Waals surface area contributed by atoms with E-state index >= 15 is 0 Å². The Labute approximate surface area is 152 Å². The Kier molecular flexibility index (Phi) is 3.52. The minimum Gasteiger partial charge on any atom is -0.612 e. The fourth-order valence-corrected chi connectivity index (χ4v) is 3.27. The molecule has 0 saturated carbocycles. The third-order valence-electron chi connectivity index (χ3n) is 4.47. The highest BCUT2D eigenvalue weighted by atomic mass is 16.8. The van der Waals surface area contributed by atoms with Crippen molar-refractivity contribution in [2.75, 3.05) is 0 Å². The van der Waals surface area contributed by atoms with Gasteiger partial charge in [-0.1, -0.05) is 9.79 Å². The van der Waals surface area contributed by atoms with Crippen LogP contribution in [0.25, 0.3) is 10.9 Å². The number of hydrogen-bond donors (Lipinski definition) is 3. The number of nitrogens with zero attached hydrogens (tertiary/aromatic N) is 3. The first-order valence-electron chi connectivity index (χ1n) is 7.66. The lowest BCUT2D eigenvalue weighted by Gasteiger charge is -2.14. The van der Waals surface area contributed by atoms with Crippen molar-refractivity contribution in [2.24, 2.45) is 0 Å². The number of aromatic nitrogens is 3. The highest BCUT2D eigenvalue weighted by molar-refractivity contribution is 6.06. The van der Waals surface area contributed by atoms with Gasteiger partial charge in [-0.2, -0.15) is 4.90 Å². The van der Waals surface area contributed by atoms with E-state index < -0.39 is 33.1 Å². The second-order valence-electron chi connectivity index (χ2n) is 5.92. The third-order valence-corrected chi connectivity index (χ3v) is 4.47. The number of aromatic amines is 2. The van der Waals surface area contributed by atoms with Crippen LogP contribution in [0, 0.1) is 25.4 Å². The van der Waals surface area contributed by atoms with E-state index in [0.717, 1.165) is 6.08 Å². The van der Waals surface area contributed by atoms with Crippen molar-refractivity contribution in [1.29, 1.82) is 0 Å². The van der Waals surface area contributed by atoms with Gasteiger partial charge in [-0.05, 0) is 28.7 Å². The van der Waals surface area contributed by atoms with Crippen LogP contribution in [0.1, 0.15) is 33.2 Å². The fourth-order valence-electron chi connectivity index (χ4n) is 3.27. The number of aromatic carboxylic acids is 1. The van der Waals surface area contributed by atoms with E-state index in [-0.39, 0.29) is 27.1 Å². The van der Waals surface area contributed by atoms with Gasteiger partial charge in [0.05, 0.1) is 16.6 Å². The summed E-state index contributed by atoms with van der Waals surface area (Å²) in [5, 5.41) is 45.8. The predicted molar refractivity (Wildman–Crippen MR) is 89.7 cm³/mol. The van der Waals surface area contributed by atoms with Crippen molar-refractivity contribution >= 4 is 22.6 Å². The molecule has 1 aliphatic carbocycles. The summed E-state index contributed by atoms with van der Waals surface area (Å²) in [6.45, 7) is 0. The zero-order valence-electron chi connectivity index (χ0n) is 13.6. The molecule has 0 radical (unpaired) electrons. The molecule has 13 nitrogen and oxygen atoms in total. The lowest BCUT2D eigenvalue weighted by Crippen LogP contribution is -2.30. The average Bonchev–Trinajstić information content (AvgIpc) is 3.23. The van der Waals surface area contributed by atoms with Gasteiger partial charge in [-0.25, -0.2) is 4.79 Å². The van der Waals surface area contributed by atoms with E-state index in [0.29, 0.717) is 10.9 Å². The Balaban J connectivity index is 2.06. The van der Waals surface area contributed by atoms with Crippen LogP contribution in [0.3, 0.4) is 0 Å². The molecule has 4 rings (SSSR count). The molecule has 1 aliphatic rings. The molecule has 2 heterocycles. The summed E-state index contributed by atoms with van der Waals surface area (Å²) in [6, 6.07) is 4.12. The molecule has 2 aromatic heterocycles. The topological polar surface area (TPSA) is 197 Å². The predicted octanol–water partition coefficient (Wildman–Crippen LogP) is 0.805. The van der Waals surface area contributed by atoms with Crippen LogP contribution >= 0.6 is 0 Å². The smallest absolute Gasteiger partial charge is 0.335 e. The van der Waals surface area contributed by atoms with E-state index in [9.17, 15) is 35.3 Å². The van der Waals surface area contributed by atoms with Crippen molar-refractivity contribution < 1.29 is 29.0 Å². The highest BCUT2D eigenvalue weighted by Gasteiger charge is 2.48. The first-order chi connectivity index (χ1) is 13.3. The summed E-state index contributed by atoms with van der Waals surface area (Å²) in [4.78, 5) is 36.2. The Morgan fingerprint density at radius 1 is 1.29 bits per heavy atom. The molecule has 3 N–H and O–H groups in total. The number of nitro groups is 1. The minimum atomic E-state index is -1.33. The number of fused-ring (bicyclic) bond motifs is 2. The molecule has 28 heavy (non-hydrogen) atoms. The number of benzene rings is 1. The molecule has 0 spiro atoms. The molecule has 13 heteroatoms. The van der Waals surface area contributed by atoms with Gasteiger partial charge >= 0.3 is 5.97 Å². The van der Waals surface area contributed by atoms with Gasteiger partial charge in [0, 0.05) is 17.1 Å². The maximum absolute atomic E-state index is 12.1. The van der Waals surface area contributed by atoms with Crippen molar-refractivity contribution in [3.8, 4) is 0 Å².